The van der Waals surface area contributed by atoms with Gasteiger partial charge in [-0.25, -0.2) is 4.98 Å². The highest BCUT2D eigenvalue weighted by Gasteiger charge is 2.20. The number of benzene rings is 2. The first-order valence-electron chi connectivity index (χ1n) is 9.31. The van der Waals surface area contributed by atoms with E-state index in [-0.39, 0.29) is 18.3 Å². The van der Waals surface area contributed by atoms with Crippen molar-refractivity contribution in [1.82, 2.24) is 9.88 Å². The summed E-state index contributed by atoms with van der Waals surface area (Å²) in [6.45, 7) is 5.83. The van der Waals surface area contributed by atoms with Gasteiger partial charge in [0.2, 0.25) is 5.91 Å². The first-order valence-corrected chi connectivity index (χ1v) is 10.1. The number of rotatable bonds is 7. The summed E-state index contributed by atoms with van der Waals surface area (Å²) >= 11 is 1.61. The van der Waals surface area contributed by atoms with Crippen molar-refractivity contribution >= 4 is 45.0 Å². The van der Waals surface area contributed by atoms with E-state index in [1.54, 1.807) is 11.3 Å². The lowest BCUT2D eigenvalue weighted by Crippen LogP contribution is -2.34. The van der Waals surface area contributed by atoms with Crippen LogP contribution in [0.5, 0.6) is 0 Å². The third kappa shape index (κ3) is 5.31. The molecule has 0 unspecified atom stereocenters. The second-order valence-corrected chi connectivity index (χ2v) is 8.22. The van der Waals surface area contributed by atoms with Gasteiger partial charge in [0.15, 0.2) is 5.13 Å². The Kier molecular flexibility index (Phi) is 7.98. The van der Waals surface area contributed by atoms with Crippen LogP contribution in [0.2, 0.25) is 0 Å². The Morgan fingerprint density at radius 2 is 1.75 bits per heavy atom. The van der Waals surface area contributed by atoms with Crippen molar-refractivity contribution in [3.8, 4) is 0 Å². The molecule has 0 N–H and O–H groups in total. The Morgan fingerprint density at radius 1 is 1.04 bits per heavy atom. The van der Waals surface area contributed by atoms with E-state index in [9.17, 15) is 4.79 Å². The summed E-state index contributed by atoms with van der Waals surface area (Å²) in [4.78, 5) is 22.0. The molecular formula is C22H28ClN3OS. The van der Waals surface area contributed by atoms with E-state index in [1.807, 2.05) is 35.2 Å². The number of hydrogen-bond donors (Lipinski definition) is 0. The molecule has 150 valence electrons. The van der Waals surface area contributed by atoms with Crippen molar-refractivity contribution in [2.24, 2.45) is 0 Å². The lowest BCUT2D eigenvalue weighted by atomic mass is 10.1. The molecule has 4 nitrogen and oxygen atoms in total. The molecule has 0 aliphatic heterocycles. The SMILES string of the molecule is Cc1ccc2sc(N(CCCN(C)C)C(=O)Cc3ccccc3)nc2c1C.Cl. The molecule has 3 rings (SSSR count). The molecule has 0 saturated carbocycles. The topological polar surface area (TPSA) is 36.4 Å². The number of aryl methyl sites for hydroxylation is 2. The highest BCUT2D eigenvalue weighted by Crippen LogP contribution is 2.32. The van der Waals surface area contributed by atoms with Crippen LogP contribution < -0.4 is 4.90 Å². The lowest BCUT2D eigenvalue weighted by Gasteiger charge is -2.21. The molecule has 0 aliphatic rings. The Labute approximate surface area is 177 Å². The van der Waals surface area contributed by atoms with Crippen LogP contribution in [0.25, 0.3) is 10.2 Å². The fourth-order valence-corrected chi connectivity index (χ4v) is 4.14. The zero-order valence-electron chi connectivity index (χ0n) is 16.9. The normalized spacial score (nSPS) is 10.9. The van der Waals surface area contributed by atoms with Crippen LogP contribution in [0.1, 0.15) is 23.1 Å². The summed E-state index contributed by atoms with van der Waals surface area (Å²) in [5.74, 6) is 0.105. The fourth-order valence-electron chi connectivity index (χ4n) is 3.07. The molecule has 6 heteroatoms. The summed E-state index contributed by atoms with van der Waals surface area (Å²) < 4.78 is 1.14. The number of fused-ring (bicyclic) bond motifs is 1. The van der Waals surface area contributed by atoms with Crippen molar-refractivity contribution < 1.29 is 4.79 Å². The van der Waals surface area contributed by atoms with E-state index < -0.39 is 0 Å². The fraction of sp³-hybridized carbons (Fsp3) is 0.364. The third-order valence-electron chi connectivity index (χ3n) is 4.79. The number of hydrogen-bond acceptors (Lipinski definition) is 4. The van der Waals surface area contributed by atoms with Gasteiger partial charge in [-0.15, -0.1) is 12.4 Å². The largest absolute Gasteiger partial charge is 0.309 e. The summed E-state index contributed by atoms with van der Waals surface area (Å²) in [5.41, 5.74) is 4.47. The molecule has 3 aromatic rings. The maximum Gasteiger partial charge on any atom is 0.233 e. The van der Waals surface area contributed by atoms with Gasteiger partial charge < -0.3 is 4.90 Å². The van der Waals surface area contributed by atoms with E-state index in [1.165, 1.54) is 11.1 Å². The molecule has 1 aromatic heterocycles. The van der Waals surface area contributed by atoms with Gasteiger partial charge in [-0.3, -0.25) is 9.69 Å². The minimum atomic E-state index is 0. The van der Waals surface area contributed by atoms with Gasteiger partial charge in [0.05, 0.1) is 16.6 Å². The molecule has 0 saturated heterocycles. The smallest absolute Gasteiger partial charge is 0.233 e. The average Bonchev–Trinajstić information content (AvgIpc) is 3.07. The second kappa shape index (κ2) is 10.0. The van der Waals surface area contributed by atoms with Crippen molar-refractivity contribution in [2.45, 2.75) is 26.7 Å². The van der Waals surface area contributed by atoms with Gasteiger partial charge in [-0.05, 0) is 63.7 Å². The zero-order chi connectivity index (χ0) is 19.4. The van der Waals surface area contributed by atoms with Crippen LogP contribution in [0.4, 0.5) is 5.13 Å². The zero-order valence-corrected chi connectivity index (χ0v) is 18.6. The molecule has 28 heavy (non-hydrogen) atoms. The molecule has 0 aliphatic carbocycles. The monoisotopic (exact) mass is 417 g/mol. The molecular weight excluding hydrogens is 390 g/mol. The predicted molar refractivity (Wildman–Crippen MR) is 122 cm³/mol. The van der Waals surface area contributed by atoms with Crippen LogP contribution in [0.3, 0.4) is 0 Å². The Morgan fingerprint density at radius 3 is 2.43 bits per heavy atom. The quantitative estimate of drug-likeness (QED) is 0.550. The number of anilines is 1. The van der Waals surface area contributed by atoms with E-state index in [4.69, 9.17) is 4.98 Å². The minimum absolute atomic E-state index is 0. The Hall–Kier alpha value is -1.95. The number of halogens is 1. The molecule has 0 fully saturated rings. The number of amides is 1. The summed E-state index contributed by atoms with van der Waals surface area (Å²) in [6, 6.07) is 14.2. The third-order valence-corrected chi connectivity index (χ3v) is 5.83. The van der Waals surface area contributed by atoms with Crippen molar-refractivity contribution in [3.05, 3.63) is 59.2 Å². The van der Waals surface area contributed by atoms with Crippen LogP contribution in [0.15, 0.2) is 42.5 Å². The molecule has 0 bridgehead atoms. The number of nitrogens with zero attached hydrogens (tertiary/aromatic N) is 3. The number of thiazole rings is 1. The first kappa shape index (κ1) is 22.3. The number of carbonyl (C=O) groups is 1. The lowest BCUT2D eigenvalue weighted by molar-refractivity contribution is -0.118. The highest BCUT2D eigenvalue weighted by atomic mass is 35.5. The van der Waals surface area contributed by atoms with E-state index in [2.05, 4.69) is 45.0 Å². The van der Waals surface area contributed by atoms with Gasteiger partial charge >= 0.3 is 0 Å². The highest BCUT2D eigenvalue weighted by molar-refractivity contribution is 7.22. The summed E-state index contributed by atoms with van der Waals surface area (Å²) in [7, 11) is 4.11. The van der Waals surface area contributed by atoms with Crippen LogP contribution in [0, 0.1) is 13.8 Å². The summed E-state index contributed by atoms with van der Waals surface area (Å²) in [5, 5.41) is 0.804. The Balaban J connectivity index is 0.00000280. The van der Waals surface area contributed by atoms with Crippen LogP contribution in [-0.2, 0) is 11.2 Å². The van der Waals surface area contributed by atoms with Crippen LogP contribution in [-0.4, -0.2) is 43.0 Å². The van der Waals surface area contributed by atoms with E-state index in [0.29, 0.717) is 13.0 Å². The number of aromatic nitrogens is 1. The maximum absolute atomic E-state index is 13.1. The van der Waals surface area contributed by atoms with Crippen molar-refractivity contribution in [1.29, 1.82) is 0 Å². The molecule has 1 amide bonds. The molecule has 0 spiro atoms. The number of carbonyl (C=O) groups excluding carboxylic acids is 1. The molecule has 2 aromatic carbocycles. The minimum Gasteiger partial charge on any atom is -0.309 e. The molecule has 0 atom stereocenters. The van der Waals surface area contributed by atoms with Crippen LogP contribution >= 0.6 is 23.7 Å². The van der Waals surface area contributed by atoms with Gasteiger partial charge in [-0.1, -0.05) is 47.7 Å². The van der Waals surface area contributed by atoms with E-state index >= 15 is 0 Å². The maximum atomic E-state index is 13.1. The van der Waals surface area contributed by atoms with Crippen molar-refractivity contribution in [3.63, 3.8) is 0 Å². The first-order chi connectivity index (χ1) is 13.0. The Bertz CT molecular complexity index is 924. The van der Waals surface area contributed by atoms with Gasteiger partial charge in [-0.2, -0.15) is 0 Å². The van der Waals surface area contributed by atoms with Gasteiger partial charge in [0, 0.05) is 6.54 Å². The van der Waals surface area contributed by atoms with E-state index in [0.717, 1.165) is 33.9 Å². The predicted octanol–water partition coefficient (Wildman–Crippen LogP) is 4.86. The molecule has 0 radical (unpaired) electrons. The molecule has 1 heterocycles. The van der Waals surface area contributed by atoms with Gasteiger partial charge in [0.1, 0.15) is 0 Å². The van der Waals surface area contributed by atoms with Gasteiger partial charge in [0.25, 0.3) is 0 Å². The second-order valence-electron chi connectivity index (χ2n) is 7.22. The summed E-state index contributed by atoms with van der Waals surface area (Å²) in [6.07, 6.45) is 1.32. The van der Waals surface area contributed by atoms with Crippen molar-refractivity contribution in [2.75, 3.05) is 32.1 Å². The average molecular weight is 418 g/mol. The standard InChI is InChI=1S/C22H27N3OS.ClH/c1-16-11-12-19-21(17(16)2)23-22(27-19)25(14-8-13-24(3)4)20(26)15-18-9-6-5-7-10-18;/h5-7,9-12H,8,13-15H2,1-4H3;1H.